The van der Waals surface area contributed by atoms with Crippen molar-refractivity contribution in [1.29, 1.82) is 0 Å². The highest BCUT2D eigenvalue weighted by molar-refractivity contribution is 7.82. The van der Waals surface area contributed by atoms with Crippen molar-refractivity contribution in [1.82, 2.24) is 5.32 Å². The van der Waals surface area contributed by atoms with Crippen LogP contribution in [0.4, 0.5) is 5.69 Å². The first-order valence-corrected chi connectivity index (χ1v) is 6.86. The first kappa shape index (κ1) is 14.5. The van der Waals surface area contributed by atoms with Crippen molar-refractivity contribution in [2.75, 3.05) is 12.5 Å². The highest BCUT2D eigenvalue weighted by atomic mass is 35.5. The van der Waals surface area contributed by atoms with E-state index in [-0.39, 0.29) is 0 Å². The van der Waals surface area contributed by atoms with Gasteiger partial charge < -0.3 is 5.32 Å². The summed E-state index contributed by atoms with van der Waals surface area (Å²) in [5.41, 5.74) is 5.48. The fourth-order valence-corrected chi connectivity index (χ4v) is 1.90. The monoisotopic (exact) mass is 303 g/mol. The van der Waals surface area contributed by atoms with Gasteiger partial charge in [-0.05, 0) is 24.3 Å². The number of hydrazone groups is 1. The molecule has 3 nitrogen and oxygen atoms in total. The Morgan fingerprint density at radius 1 is 1.05 bits per heavy atom. The Labute approximate surface area is 128 Å². The lowest BCUT2D eigenvalue weighted by Gasteiger charge is -2.09. The van der Waals surface area contributed by atoms with Gasteiger partial charge in [0.25, 0.3) is 0 Å². The summed E-state index contributed by atoms with van der Waals surface area (Å²) in [7, 11) is 1.78. The van der Waals surface area contributed by atoms with Crippen LogP contribution >= 0.6 is 23.8 Å². The van der Waals surface area contributed by atoms with E-state index in [2.05, 4.69) is 15.8 Å². The second-order valence-electron chi connectivity index (χ2n) is 4.02. The summed E-state index contributed by atoms with van der Waals surface area (Å²) in [4.78, 5) is 0.581. The van der Waals surface area contributed by atoms with Crippen molar-refractivity contribution in [2.24, 2.45) is 5.10 Å². The summed E-state index contributed by atoms with van der Waals surface area (Å²) in [6, 6.07) is 17.1. The molecule has 0 heterocycles. The molecule has 5 heteroatoms. The number of rotatable bonds is 4. The maximum Gasteiger partial charge on any atom is 0.127 e. The zero-order valence-corrected chi connectivity index (χ0v) is 12.5. The predicted octanol–water partition coefficient (Wildman–Crippen LogP) is 3.70. The number of hydrogen-bond donors (Lipinski definition) is 2. The predicted molar refractivity (Wildman–Crippen MR) is 89.7 cm³/mol. The van der Waals surface area contributed by atoms with E-state index in [0.29, 0.717) is 15.7 Å². The molecule has 0 bridgehead atoms. The van der Waals surface area contributed by atoms with Gasteiger partial charge in [-0.1, -0.05) is 54.2 Å². The third-order valence-corrected chi connectivity index (χ3v) is 3.28. The van der Waals surface area contributed by atoms with Gasteiger partial charge in [-0.2, -0.15) is 5.10 Å². The Kier molecular flexibility index (Phi) is 5.09. The molecule has 0 aromatic heterocycles. The minimum Gasteiger partial charge on any atom is -0.378 e. The molecule has 0 aliphatic heterocycles. The Hall–Kier alpha value is -1.91. The zero-order chi connectivity index (χ0) is 14.4. The fraction of sp³-hybridized carbons (Fsp3) is 0.0667. The third-order valence-electron chi connectivity index (χ3n) is 2.63. The van der Waals surface area contributed by atoms with E-state index in [1.54, 1.807) is 19.2 Å². The van der Waals surface area contributed by atoms with Crippen molar-refractivity contribution in [2.45, 2.75) is 0 Å². The molecule has 0 aliphatic rings. The van der Waals surface area contributed by atoms with E-state index in [9.17, 15) is 0 Å². The van der Waals surface area contributed by atoms with Crippen LogP contribution in [0, 0.1) is 0 Å². The SMILES string of the molecule is CNC(=S)/C(=N\Nc1ccc(Cl)cc1)c1ccccc1. The van der Waals surface area contributed by atoms with E-state index in [4.69, 9.17) is 23.8 Å². The van der Waals surface area contributed by atoms with E-state index >= 15 is 0 Å². The summed E-state index contributed by atoms with van der Waals surface area (Å²) in [5, 5.41) is 8.02. The Morgan fingerprint density at radius 3 is 2.30 bits per heavy atom. The Morgan fingerprint density at radius 2 is 1.70 bits per heavy atom. The van der Waals surface area contributed by atoms with Crippen LogP contribution in [0.2, 0.25) is 5.02 Å². The molecular weight excluding hydrogens is 290 g/mol. The average molecular weight is 304 g/mol. The van der Waals surface area contributed by atoms with Crippen LogP contribution in [0.15, 0.2) is 59.7 Å². The largest absolute Gasteiger partial charge is 0.378 e. The maximum absolute atomic E-state index is 5.85. The minimum atomic E-state index is 0.581. The second kappa shape index (κ2) is 7.03. The Bertz CT molecular complexity index is 609. The van der Waals surface area contributed by atoms with Crippen molar-refractivity contribution in [3.63, 3.8) is 0 Å². The van der Waals surface area contributed by atoms with Crippen molar-refractivity contribution in [3.8, 4) is 0 Å². The number of nitrogens with zero attached hydrogens (tertiary/aromatic N) is 1. The van der Waals surface area contributed by atoms with Crippen molar-refractivity contribution < 1.29 is 0 Å². The molecule has 0 aliphatic carbocycles. The van der Waals surface area contributed by atoms with Gasteiger partial charge >= 0.3 is 0 Å². The first-order valence-electron chi connectivity index (χ1n) is 6.07. The first-order chi connectivity index (χ1) is 9.70. The summed E-state index contributed by atoms with van der Waals surface area (Å²) in [6.45, 7) is 0. The number of nitrogens with one attached hydrogen (secondary N) is 2. The molecule has 20 heavy (non-hydrogen) atoms. The summed E-state index contributed by atoms with van der Waals surface area (Å²) in [5.74, 6) is 0. The van der Waals surface area contributed by atoms with Gasteiger partial charge in [0.05, 0.1) is 5.69 Å². The van der Waals surface area contributed by atoms with Crippen LogP contribution in [0.3, 0.4) is 0 Å². The van der Waals surface area contributed by atoms with Crippen LogP contribution in [0.25, 0.3) is 0 Å². The lowest BCUT2D eigenvalue weighted by atomic mass is 10.1. The number of halogens is 1. The number of hydrogen-bond acceptors (Lipinski definition) is 3. The molecule has 0 saturated heterocycles. The topological polar surface area (TPSA) is 36.4 Å². The summed E-state index contributed by atoms with van der Waals surface area (Å²) < 4.78 is 0. The molecule has 0 saturated carbocycles. The second-order valence-corrected chi connectivity index (χ2v) is 4.87. The van der Waals surface area contributed by atoms with Gasteiger partial charge in [0, 0.05) is 17.6 Å². The smallest absolute Gasteiger partial charge is 0.127 e. The van der Waals surface area contributed by atoms with Crippen molar-refractivity contribution in [3.05, 3.63) is 65.2 Å². The minimum absolute atomic E-state index is 0.581. The molecule has 0 atom stereocenters. The van der Waals surface area contributed by atoms with Crippen LogP contribution in [-0.4, -0.2) is 17.7 Å². The molecule has 0 unspecified atom stereocenters. The van der Waals surface area contributed by atoms with Gasteiger partial charge in [-0.15, -0.1) is 0 Å². The van der Waals surface area contributed by atoms with Gasteiger partial charge in [0.15, 0.2) is 0 Å². The molecule has 0 amide bonds. The normalized spacial score (nSPS) is 11.0. The highest BCUT2D eigenvalue weighted by Crippen LogP contribution is 2.13. The van der Waals surface area contributed by atoms with Gasteiger partial charge in [0.1, 0.15) is 10.7 Å². The van der Waals surface area contributed by atoms with Crippen LogP contribution < -0.4 is 10.7 Å². The summed E-state index contributed by atoms with van der Waals surface area (Å²) >= 11 is 11.1. The van der Waals surface area contributed by atoms with Crippen LogP contribution in [-0.2, 0) is 0 Å². The summed E-state index contributed by atoms with van der Waals surface area (Å²) in [6.07, 6.45) is 0. The molecular formula is C15H14ClN3S. The highest BCUT2D eigenvalue weighted by Gasteiger charge is 2.08. The molecule has 2 N–H and O–H groups in total. The van der Waals surface area contributed by atoms with Gasteiger partial charge in [-0.3, -0.25) is 5.43 Å². The molecule has 2 aromatic rings. The maximum atomic E-state index is 5.85. The van der Waals surface area contributed by atoms with E-state index in [1.165, 1.54) is 0 Å². The van der Waals surface area contributed by atoms with Gasteiger partial charge in [0.2, 0.25) is 0 Å². The van der Waals surface area contributed by atoms with Gasteiger partial charge in [-0.25, -0.2) is 0 Å². The number of likely N-dealkylation sites (N-methyl/N-ethyl adjacent to an activating group) is 1. The average Bonchev–Trinajstić information content (AvgIpc) is 2.50. The molecule has 0 fully saturated rings. The van der Waals surface area contributed by atoms with E-state index < -0.39 is 0 Å². The number of anilines is 1. The van der Waals surface area contributed by atoms with Crippen molar-refractivity contribution >= 4 is 40.2 Å². The van der Waals surface area contributed by atoms with Crippen LogP contribution in [0.1, 0.15) is 5.56 Å². The molecule has 0 spiro atoms. The van der Waals surface area contributed by atoms with Crippen LogP contribution in [0.5, 0.6) is 0 Å². The van der Waals surface area contributed by atoms with E-state index in [1.807, 2.05) is 42.5 Å². The third kappa shape index (κ3) is 3.79. The molecule has 2 rings (SSSR count). The standard InChI is InChI=1S/C15H14ClN3S/c1-17-15(20)14(11-5-3-2-4-6-11)19-18-13-9-7-12(16)8-10-13/h2-10,18H,1H3,(H,17,20)/b19-14-. The zero-order valence-electron chi connectivity index (χ0n) is 10.9. The lowest BCUT2D eigenvalue weighted by Crippen LogP contribution is -2.27. The molecule has 102 valence electrons. The fourth-order valence-electron chi connectivity index (χ4n) is 1.61. The molecule has 0 radical (unpaired) electrons. The molecule has 2 aromatic carbocycles. The lowest BCUT2D eigenvalue weighted by molar-refractivity contribution is 1.21. The Balaban J connectivity index is 2.25. The quantitative estimate of drug-likeness (QED) is 0.514. The number of benzene rings is 2. The van der Waals surface area contributed by atoms with E-state index in [0.717, 1.165) is 11.3 Å². The number of thiocarbonyl (C=S) groups is 1.